The third-order valence-corrected chi connectivity index (χ3v) is 4.14. The van der Waals surface area contributed by atoms with Crippen molar-refractivity contribution >= 4 is 11.3 Å². The van der Waals surface area contributed by atoms with Gasteiger partial charge in [-0.15, -0.1) is 11.3 Å². The smallest absolute Gasteiger partial charge is 0.107 e. The highest BCUT2D eigenvalue weighted by Gasteiger charge is 2.03. The van der Waals surface area contributed by atoms with Gasteiger partial charge in [0.15, 0.2) is 0 Å². The number of rotatable bonds is 8. The van der Waals surface area contributed by atoms with E-state index in [1.165, 1.54) is 28.5 Å². The third kappa shape index (κ3) is 5.15. The van der Waals surface area contributed by atoms with Gasteiger partial charge in [0.05, 0.1) is 5.69 Å². The first-order valence-electron chi connectivity index (χ1n) is 6.53. The van der Waals surface area contributed by atoms with E-state index in [0.717, 1.165) is 26.2 Å². The predicted molar refractivity (Wildman–Crippen MR) is 75.7 cm³/mol. The zero-order valence-electron chi connectivity index (χ0n) is 11.5. The lowest BCUT2D eigenvalue weighted by Crippen LogP contribution is -2.27. The summed E-state index contributed by atoms with van der Waals surface area (Å²) in [6.45, 7) is 14.1. The Labute approximate surface area is 109 Å². The maximum atomic E-state index is 4.52. The molecule has 1 heterocycles. The van der Waals surface area contributed by atoms with Crippen LogP contribution < -0.4 is 5.32 Å². The van der Waals surface area contributed by atoms with Crippen LogP contribution in [0.5, 0.6) is 0 Å². The molecule has 0 aliphatic rings. The molecule has 0 bridgehead atoms. The van der Waals surface area contributed by atoms with E-state index in [4.69, 9.17) is 0 Å². The van der Waals surface area contributed by atoms with Crippen molar-refractivity contribution in [3.63, 3.8) is 0 Å². The predicted octanol–water partition coefficient (Wildman–Crippen LogP) is 2.58. The molecule has 0 unspecified atom stereocenters. The summed E-state index contributed by atoms with van der Waals surface area (Å²) in [6.07, 6.45) is 1.21. The van der Waals surface area contributed by atoms with E-state index in [2.05, 4.69) is 42.9 Å². The number of nitrogens with zero attached hydrogens (tertiary/aromatic N) is 2. The number of aromatic nitrogens is 1. The largest absolute Gasteiger partial charge is 0.310 e. The van der Waals surface area contributed by atoms with Gasteiger partial charge in [-0.2, -0.15) is 0 Å². The Morgan fingerprint density at radius 1 is 1.24 bits per heavy atom. The molecule has 1 aromatic rings. The van der Waals surface area contributed by atoms with Gasteiger partial charge in [0.25, 0.3) is 0 Å². The maximum absolute atomic E-state index is 4.52. The molecule has 0 aliphatic heterocycles. The van der Waals surface area contributed by atoms with Crippen molar-refractivity contribution in [1.82, 2.24) is 15.2 Å². The molecular formula is C13H25N3S. The fourth-order valence-corrected chi connectivity index (χ4v) is 2.68. The molecule has 1 aromatic heterocycles. The molecule has 1 N–H and O–H groups in total. The van der Waals surface area contributed by atoms with Gasteiger partial charge in [-0.25, -0.2) is 4.98 Å². The summed E-state index contributed by atoms with van der Waals surface area (Å²) in [7, 11) is 0. The zero-order chi connectivity index (χ0) is 12.7. The normalized spacial score (nSPS) is 11.4. The SMILES string of the molecule is CCN(CC)CCCNCc1nc(C)c(C)s1. The second kappa shape index (κ2) is 7.80. The van der Waals surface area contributed by atoms with E-state index in [-0.39, 0.29) is 0 Å². The topological polar surface area (TPSA) is 28.2 Å². The Morgan fingerprint density at radius 2 is 1.94 bits per heavy atom. The summed E-state index contributed by atoms with van der Waals surface area (Å²) in [5, 5.41) is 4.68. The third-order valence-electron chi connectivity index (χ3n) is 3.07. The molecule has 0 spiro atoms. The van der Waals surface area contributed by atoms with E-state index >= 15 is 0 Å². The molecule has 17 heavy (non-hydrogen) atoms. The van der Waals surface area contributed by atoms with Crippen LogP contribution in [0.4, 0.5) is 0 Å². The van der Waals surface area contributed by atoms with Crippen molar-refractivity contribution in [3.05, 3.63) is 15.6 Å². The molecule has 1 rings (SSSR count). The van der Waals surface area contributed by atoms with Crippen LogP contribution in [0.2, 0.25) is 0 Å². The van der Waals surface area contributed by atoms with Gasteiger partial charge in [0, 0.05) is 11.4 Å². The number of aryl methyl sites for hydroxylation is 2. The van der Waals surface area contributed by atoms with E-state index < -0.39 is 0 Å². The van der Waals surface area contributed by atoms with Crippen LogP contribution in [-0.4, -0.2) is 36.1 Å². The number of hydrogen-bond donors (Lipinski definition) is 1. The van der Waals surface area contributed by atoms with Crippen LogP contribution in [0.25, 0.3) is 0 Å². The molecule has 0 saturated heterocycles. The highest BCUT2D eigenvalue weighted by Crippen LogP contribution is 2.15. The second-order valence-electron chi connectivity index (χ2n) is 4.31. The highest BCUT2D eigenvalue weighted by molar-refractivity contribution is 7.11. The van der Waals surface area contributed by atoms with Gasteiger partial charge in [-0.3, -0.25) is 0 Å². The van der Waals surface area contributed by atoms with Gasteiger partial charge in [0.2, 0.25) is 0 Å². The first-order valence-corrected chi connectivity index (χ1v) is 7.35. The van der Waals surface area contributed by atoms with Gasteiger partial charge >= 0.3 is 0 Å². The van der Waals surface area contributed by atoms with Gasteiger partial charge in [-0.1, -0.05) is 13.8 Å². The summed E-state index contributed by atoms with van der Waals surface area (Å²) in [5.74, 6) is 0. The van der Waals surface area contributed by atoms with Crippen molar-refractivity contribution in [2.24, 2.45) is 0 Å². The maximum Gasteiger partial charge on any atom is 0.107 e. The first-order chi connectivity index (χ1) is 8.17. The van der Waals surface area contributed by atoms with Crippen molar-refractivity contribution in [3.8, 4) is 0 Å². The Bertz CT molecular complexity index is 299. The van der Waals surface area contributed by atoms with E-state index in [9.17, 15) is 0 Å². The minimum atomic E-state index is 0.914. The molecule has 0 amide bonds. The number of nitrogens with one attached hydrogen (secondary N) is 1. The molecule has 0 atom stereocenters. The highest BCUT2D eigenvalue weighted by atomic mass is 32.1. The van der Waals surface area contributed by atoms with Crippen molar-refractivity contribution < 1.29 is 0 Å². The van der Waals surface area contributed by atoms with Gasteiger partial charge in [0.1, 0.15) is 5.01 Å². The average molecular weight is 255 g/mol. The van der Waals surface area contributed by atoms with Crippen molar-refractivity contribution in [1.29, 1.82) is 0 Å². The van der Waals surface area contributed by atoms with Gasteiger partial charge in [-0.05, 0) is 46.4 Å². The number of hydrogen-bond acceptors (Lipinski definition) is 4. The van der Waals surface area contributed by atoms with Crippen molar-refractivity contribution in [2.45, 2.75) is 40.7 Å². The van der Waals surface area contributed by atoms with Crippen LogP contribution in [0.15, 0.2) is 0 Å². The van der Waals surface area contributed by atoms with Crippen molar-refractivity contribution in [2.75, 3.05) is 26.2 Å². The summed E-state index contributed by atoms with van der Waals surface area (Å²) in [4.78, 5) is 8.32. The molecule has 0 radical (unpaired) electrons. The molecule has 98 valence electrons. The molecular weight excluding hydrogens is 230 g/mol. The summed E-state index contributed by atoms with van der Waals surface area (Å²) in [6, 6.07) is 0. The summed E-state index contributed by atoms with van der Waals surface area (Å²) < 4.78 is 0. The second-order valence-corrected chi connectivity index (χ2v) is 5.59. The number of thiazole rings is 1. The van der Waals surface area contributed by atoms with Crippen LogP contribution in [-0.2, 0) is 6.54 Å². The van der Waals surface area contributed by atoms with E-state index in [0.29, 0.717) is 0 Å². The lowest BCUT2D eigenvalue weighted by molar-refractivity contribution is 0.298. The Hall–Kier alpha value is -0.450. The molecule has 0 fully saturated rings. The fraction of sp³-hybridized carbons (Fsp3) is 0.769. The lowest BCUT2D eigenvalue weighted by Gasteiger charge is -2.17. The monoisotopic (exact) mass is 255 g/mol. The quantitative estimate of drug-likeness (QED) is 0.724. The van der Waals surface area contributed by atoms with Crippen LogP contribution in [0, 0.1) is 13.8 Å². The molecule has 0 aliphatic carbocycles. The Kier molecular flexibility index (Phi) is 6.70. The Morgan fingerprint density at radius 3 is 2.47 bits per heavy atom. The van der Waals surface area contributed by atoms with Gasteiger partial charge < -0.3 is 10.2 Å². The summed E-state index contributed by atoms with van der Waals surface area (Å²) in [5.41, 5.74) is 1.18. The minimum Gasteiger partial charge on any atom is -0.310 e. The van der Waals surface area contributed by atoms with Crippen LogP contribution in [0.1, 0.15) is 35.8 Å². The Balaban J connectivity index is 2.12. The zero-order valence-corrected chi connectivity index (χ0v) is 12.4. The molecule has 4 heteroatoms. The lowest BCUT2D eigenvalue weighted by atomic mass is 10.3. The van der Waals surface area contributed by atoms with Crippen LogP contribution in [0.3, 0.4) is 0 Å². The fourth-order valence-electron chi connectivity index (χ4n) is 1.78. The first kappa shape index (κ1) is 14.6. The molecule has 0 aromatic carbocycles. The average Bonchev–Trinajstić information content (AvgIpc) is 2.63. The molecule has 0 saturated carbocycles. The van der Waals surface area contributed by atoms with Crippen LogP contribution >= 0.6 is 11.3 Å². The summed E-state index contributed by atoms with van der Waals surface area (Å²) >= 11 is 1.80. The van der Waals surface area contributed by atoms with E-state index in [1.807, 2.05) is 0 Å². The standard InChI is InChI=1S/C13H25N3S/c1-5-16(6-2)9-7-8-14-10-13-15-11(3)12(4)17-13/h14H,5-10H2,1-4H3. The van der Waals surface area contributed by atoms with E-state index in [1.54, 1.807) is 11.3 Å². The minimum absolute atomic E-state index is 0.914. The molecule has 3 nitrogen and oxygen atoms in total.